The third kappa shape index (κ3) is 2.36. The van der Waals surface area contributed by atoms with Crippen LogP contribution in [0.4, 0.5) is 0 Å². The van der Waals surface area contributed by atoms with Crippen molar-refractivity contribution in [1.82, 2.24) is 0 Å². The largest absolute Gasteiger partial charge is 0.481 e. The van der Waals surface area contributed by atoms with Crippen molar-refractivity contribution in [3.63, 3.8) is 0 Å². The van der Waals surface area contributed by atoms with Crippen molar-refractivity contribution in [2.24, 2.45) is 5.92 Å². The minimum absolute atomic E-state index is 0.319. The molecule has 0 bridgehead atoms. The first kappa shape index (κ1) is 9.30. The van der Waals surface area contributed by atoms with E-state index in [1.165, 1.54) is 5.57 Å². The second-order valence-corrected chi connectivity index (χ2v) is 3.36. The molecular formula is C10H16O2. The number of carboxylic acids is 1. The van der Waals surface area contributed by atoms with E-state index in [9.17, 15) is 4.79 Å². The Bertz CT molecular complexity index is 194. The van der Waals surface area contributed by atoms with E-state index >= 15 is 0 Å². The SMILES string of the molecule is CCC1=CCCCC1CC(=O)O. The molecule has 1 aliphatic carbocycles. The maximum atomic E-state index is 10.5. The Morgan fingerprint density at radius 1 is 1.75 bits per heavy atom. The highest BCUT2D eigenvalue weighted by Crippen LogP contribution is 2.29. The van der Waals surface area contributed by atoms with E-state index in [0.717, 1.165) is 25.7 Å². The standard InChI is InChI=1S/C10H16O2/c1-2-8-5-3-4-6-9(8)7-10(11)12/h5,9H,2-4,6-7H2,1H3,(H,11,12). The molecule has 1 unspecified atom stereocenters. The van der Waals surface area contributed by atoms with E-state index in [1.807, 2.05) is 0 Å². The van der Waals surface area contributed by atoms with Crippen LogP contribution in [-0.4, -0.2) is 11.1 Å². The van der Waals surface area contributed by atoms with Gasteiger partial charge in [-0.15, -0.1) is 0 Å². The van der Waals surface area contributed by atoms with Gasteiger partial charge in [0, 0.05) is 0 Å². The lowest BCUT2D eigenvalue weighted by atomic mass is 9.84. The molecule has 0 fully saturated rings. The van der Waals surface area contributed by atoms with Gasteiger partial charge in [-0.3, -0.25) is 4.79 Å². The van der Waals surface area contributed by atoms with Gasteiger partial charge < -0.3 is 5.11 Å². The summed E-state index contributed by atoms with van der Waals surface area (Å²) in [6.07, 6.45) is 6.90. The van der Waals surface area contributed by atoms with Gasteiger partial charge in [0.05, 0.1) is 6.42 Å². The highest BCUT2D eigenvalue weighted by Gasteiger charge is 2.18. The van der Waals surface area contributed by atoms with Gasteiger partial charge in [-0.05, 0) is 31.6 Å². The lowest BCUT2D eigenvalue weighted by molar-refractivity contribution is -0.137. The topological polar surface area (TPSA) is 37.3 Å². The summed E-state index contributed by atoms with van der Waals surface area (Å²) in [4.78, 5) is 10.5. The van der Waals surface area contributed by atoms with Gasteiger partial charge in [0.1, 0.15) is 0 Å². The van der Waals surface area contributed by atoms with Gasteiger partial charge >= 0.3 is 5.97 Å². The van der Waals surface area contributed by atoms with Crippen molar-refractivity contribution in [2.45, 2.75) is 39.0 Å². The Balaban J connectivity index is 2.55. The molecule has 2 heteroatoms. The predicted molar refractivity (Wildman–Crippen MR) is 48.0 cm³/mol. The zero-order valence-electron chi connectivity index (χ0n) is 7.55. The molecule has 0 aromatic heterocycles. The number of carboxylic acid groups (broad SMARTS) is 1. The van der Waals surface area contributed by atoms with Crippen molar-refractivity contribution in [2.75, 3.05) is 0 Å². The van der Waals surface area contributed by atoms with E-state index in [1.54, 1.807) is 0 Å². The molecule has 0 aliphatic heterocycles. The third-order valence-corrected chi connectivity index (χ3v) is 2.52. The lowest BCUT2D eigenvalue weighted by Gasteiger charge is -2.21. The number of allylic oxidation sites excluding steroid dienone is 2. The molecule has 0 radical (unpaired) electrons. The van der Waals surface area contributed by atoms with Crippen molar-refractivity contribution >= 4 is 5.97 Å². The Kier molecular flexibility index (Phi) is 3.32. The number of aliphatic carboxylic acids is 1. The molecule has 0 aromatic carbocycles. The average Bonchev–Trinajstić information content (AvgIpc) is 2.04. The number of hydrogen-bond acceptors (Lipinski definition) is 1. The number of rotatable bonds is 3. The van der Waals surface area contributed by atoms with Crippen LogP contribution >= 0.6 is 0 Å². The van der Waals surface area contributed by atoms with Crippen molar-refractivity contribution < 1.29 is 9.90 Å². The fourth-order valence-electron chi connectivity index (χ4n) is 1.88. The first-order valence-corrected chi connectivity index (χ1v) is 4.64. The van der Waals surface area contributed by atoms with Crippen LogP contribution in [0.15, 0.2) is 11.6 Å². The van der Waals surface area contributed by atoms with Gasteiger partial charge in [0.2, 0.25) is 0 Å². The summed E-state index contributed by atoms with van der Waals surface area (Å²) in [6.45, 7) is 2.10. The van der Waals surface area contributed by atoms with Crippen LogP contribution in [0, 0.1) is 5.92 Å². The van der Waals surface area contributed by atoms with Crippen LogP contribution in [0.25, 0.3) is 0 Å². The fourth-order valence-corrected chi connectivity index (χ4v) is 1.88. The fraction of sp³-hybridized carbons (Fsp3) is 0.700. The van der Waals surface area contributed by atoms with E-state index in [0.29, 0.717) is 12.3 Å². The summed E-state index contributed by atoms with van der Waals surface area (Å²) in [5, 5.41) is 8.65. The molecule has 0 spiro atoms. The molecule has 1 rings (SSSR count). The van der Waals surface area contributed by atoms with Gasteiger partial charge in [-0.25, -0.2) is 0 Å². The van der Waals surface area contributed by atoms with Crippen LogP contribution in [0.1, 0.15) is 39.0 Å². The second kappa shape index (κ2) is 4.29. The summed E-state index contributed by atoms with van der Waals surface area (Å²) in [7, 11) is 0. The molecule has 0 aromatic rings. The maximum absolute atomic E-state index is 10.5. The minimum Gasteiger partial charge on any atom is -0.481 e. The van der Waals surface area contributed by atoms with Crippen LogP contribution in [0.5, 0.6) is 0 Å². The Morgan fingerprint density at radius 3 is 3.08 bits per heavy atom. The minimum atomic E-state index is -0.666. The van der Waals surface area contributed by atoms with E-state index < -0.39 is 5.97 Å². The zero-order valence-corrected chi connectivity index (χ0v) is 7.55. The molecule has 2 nitrogen and oxygen atoms in total. The molecule has 0 heterocycles. The molecule has 1 atom stereocenters. The van der Waals surface area contributed by atoms with Gasteiger partial charge in [0.15, 0.2) is 0 Å². The molecule has 0 saturated carbocycles. The van der Waals surface area contributed by atoms with Crippen molar-refractivity contribution in [3.05, 3.63) is 11.6 Å². The third-order valence-electron chi connectivity index (χ3n) is 2.52. The summed E-state index contributed by atoms with van der Waals surface area (Å²) in [5.74, 6) is -0.345. The predicted octanol–water partition coefficient (Wildman–Crippen LogP) is 2.60. The van der Waals surface area contributed by atoms with Crippen LogP contribution < -0.4 is 0 Å². The molecule has 0 saturated heterocycles. The Morgan fingerprint density at radius 2 is 2.50 bits per heavy atom. The first-order valence-electron chi connectivity index (χ1n) is 4.64. The molecule has 1 aliphatic rings. The summed E-state index contributed by atoms with van der Waals surface area (Å²) < 4.78 is 0. The molecular weight excluding hydrogens is 152 g/mol. The van der Waals surface area contributed by atoms with Gasteiger partial charge in [0.25, 0.3) is 0 Å². The van der Waals surface area contributed by atoms with Crippen LogP contribution in [0.3, 0.4) is 0 Å². The summed E-state index contributed by atoms with van der Waals surface area (Å²) in [5.41, 5.74) is 1.35. The quantitative estimate of drug-likeness (QED) is 0.658. The van der Waals surface area contributed by atoms with Gasteiger partial charge in [-0.1, -0.05) is 18.6 Å². The van der Waals surface area contributed by atoms with Crippen molar-refractivity contribution in [3.8, 4) is 0 Å². The molecule has 68 valence electrons. The van der Waals surface area contributed by atoms with Crippen LogP contribution in [0.2, 0.25) is 0 Å². The Hall–Kier alpha value is -0.790. The summed E-state index contributed by atoms with van der Waals surface area (Å²) >= 11 is 0. The average molecular weight is 168 g/mol. The van der Waals surface area contributed by atoms with Crippen molar-refractivity contribution in [1.29, 1.82) is 0 Å². The number of hydrogen-bond donors (Lipinski definition) is 1. The van der Waals surface area contributed by atoms with E-state index in [-0.39, 0.29) is 0 Å². The maximum Gasteiger partial charge on any atom is 0.303 e. The summed E-state index contributed by atoms with van der Waals surface area (Å²) in [6, 6.07) is 0. The normalized spacial score (nSPS) is 23.4. The van der Waals surface area contributed by atoms with Crippen LogP contribution in [-0.2, 0) is 4.79 Å². The Labute approximate surface area is 73.3 Å². The van der Waals surface area contributed by atoms with E-state index in [4.69, 9.17) is 5.11 Å². The van der Waals surface area contributed by atoms with E-state index in [2.05, 4.69) is 13.0 Å². The monoisotopic (exact) mass is 168 g/mol. The highest BCUT2D eigenvalue weighted by molar-refractivity contribution is 5.67. The highest BCUT2D eigenvalue weighted by atomic mass is 16.4. The second-order valence-electron chi connectivity index (χ2n) is 3.36. The molecule has 12 heavy (non-hydrogen) atoms. The smallest absolute Gasteiger partial charge is 0.303 e. The first-order chi connectivity index (χ1) is 5.74. The van der Waals surface area contributed by atoms with Gasteiger partial charge in [-0.2, -0.15) is 0 Å². The lowest BCUT2D eigenvalue weighted by Crippen LogP contribution is -2.13. The zero-order chi connectivity index (χ0) is 8.97. The molecule has 1 N–H and O–H groups in total. The molecule has 0 amide bonds. The number of carbonyl (C=O) groups is 1.